The third-order valence-corrected chi connectivity index (χ3v) is 3.32. The summed E-state index contributed by atoms with van der Waals surface area (Å²) >= 11 is 3.42. The number of carboxylic acids is 1. The van der Waals surface area contributed by atoms with Crippen LogP contribution in [0.4, 0.5) is 0 Å². The molecule has 0 radical (unpaired) electrons. The molecular weight excluding hydrogens is 288 g/mol. The van der Waals surface area contributed by atoms with Gasteiger partial charge in [-0.3, -0.25) is 4.79 Å². The summed E-state index contributed by atoms with van der Waals surface area (Å²) in [6.45, 7) is 3.00. The summed E-state index contributed by atoms with van der Waals surface area (Å²) < 4.78 is 11.9. The number of carboxylic acid groups (broad SMARTS) is 1. The van der Waals surface area contributed by atoms with Crippen LogP contribution in [-0.4, -0.2) is 24.3 Å². The Morgan fingerprint density at radius 3 is 2.71 bits per heavy atom. The lowest BCUT2D eigenvalue weighted by Gasteiger charge is -2.23. The average Bonchev–Trinajstić information content (AvgIpc) is 2.32. The van der Waals surface area contributed by atoms with Crippen LogP contribution in [0, 0.1) is 6.92 Å². The van der Waals surface area contributed by atoms with Crippen LogP contribution in [0.15, 0.2) is 10.5 Å². The van der Waals surface area contributed by atoms with Crippen LogP contribution in [0.2, 0.25) is 0 Å². The molecule has 0 amide bonds. The van der Waals surface area contributed by atoms with Crippen molar-refractivity contribution in [2.75, 3.05) is 13.2 Å². The molecule has 0 aromatic heterocycles. The molecule has 0 saturated carbocycles. The van der Waals surface area contributed by atoms with E-state index in [1.54, 1.807) is 0 Å². The Labute approximate surface area is 108 Å². The molecule has 1 N–H and O–H groups in total. The lowest BCUT2D eigenvalue weighted by Crippen LogP contribution is -2.17. The van der Waals surface area contributed by atoms with Crippen molar-refractivity contribution in [1.29, 1.82) is 0 Å². The first-order valence-corrected chi connectivity index (χ1v) is 6.18. The fourth-order valence-corrected chi connectivity index (χ4v) is 2.42. The van der Waals surface area contributed by atoms with Gasteiger partial charge in [0.25, 0.3) is 0 Å². The zero-order valence-corrected chi connectivity index (χ0v) is 11.0. The Bertz CT molecular complexity index is 456. The van der Waals surface area contributed by atoms with Gasteiger partial charge in [0.1, 0.15) is 13.2 Å². The maximum atomic E-state index is 10.6. The number of halogens is 1. The maximum absolute atomic E-state index is 10.6. The Kier molecular flexibility index (Phi) is 3.57. The van der Waals surface area contributed by atoms with Gasteiger partial charge in [-0.15, -0.1) is 0 Å². The standard InChI is InChI=1S/C12H13BrO4/c1-7-8(2-3-10(14)15)6-9(13)12-11(7)16-4-5-17-12/h6H,2-5H2,1H3,(H,14,15). The minimum absolute atomic E-state index is 0.118. The van der Waals surface area contributed by atoms with Gasteiger partial charge in [0.2, 0.25) is 0 Å². The second-order valence-corrected chi connectivity index (χ2v) is 4.75. The molecule has 0 unspecified atom stereocenters. The van der Waals surface area contributed by atoms with Crippen molar-refractivity contribution in [2.24, 2.45) is 0 Å². The number of aliphatic carboxylic acids is 1. The topological polar surface area (TPSA) is 55.8 Å². The van der Waals surface area contributed by atoms with Gasteiger partial charge < -0.3 is 14.6 Å². The number of hydrogen-bond acceptors (Lipinski definition) is 3. The van der Waals surface area contributed by atoms with Crippen molar-refractivity contribution in [3.8, 4) is 11.5 Å². The smallest absolute Gasteiger partial charge is 0.303 e. The highest BCUT2D eigenvalue weighted by Gasteiger charge is 2.20. The fraction of sp³-hybridized carbons (Fsp3) is 0.417. The lowest BCUT2D eigenvalue weighted by atomic mass is 10.0. The molecule has 0 saturated heterocycles. The van der Waals surface area contributed by atoms with E-state index >= 15 is 0 Å². The molecule has 0 bridgehead atoms. The van der Waals surface area contributed by atoms with E-state index in [0.717, 1.165) is 21.3 Å². The highest BCUT2D eigenvalue weighted by Crippen LogP contribution is 2.42. The second-order valence-electron chi connectivity index (χ2n) is 3.89. The summed E-state index contributed by atoms with van der Waals surface area (Å²) in [4.78, 5) is 10.6. The molecule has 0 spiro atoms. The van der Waals surface area contributed by atoms with Gasteiger partial charge >= 0.3 is 5.97 Å². The highest BCUT2D eigenvalue weighted by atomic mass is 79.9. The normalized spacial score (nSPS) is 13.5. The van der Waals surface area contributed by atoms with Gasteiger partial charge in [-0.2, -0.15) is 0 Å². The first-order valence-electron chi connectivity index (χ1n) is 5.39. The van der Waals surface area contributed by atoms with Crippen LogP contribution in [0.25, 0.3) is 0 Å². The van der Waals surface area contributed by atoms with E-state index in [2.05, 4.69) is 15.9 Å². The molecule has 1 aromatic carbocycles. The monoisotopic (exact) mass is 300 g/mol. The largest absolute Gasteiger partial charge is 0.486 e. The van der Waals surface area contributed by atoms with E-state index in [1.807, 2.05) is 13.0 Å². The summed E-state index contributed by atoms with van der Waals surface area (Å²) in [7, 11) is 0. The molecule has 4 nitrogen and oxygen atoms in total. The minimum atomic E-state index is -0.796. The predicted molar refractivity (Wildman–Crippen MR) is 65.8 cm³/mol. The Hall–Kier alpha value is -1.23. The van der Waals surface area contributed by atoms with Crippen LogP contribution in [-0.2, 0) is 11.2 Å². The molecule has 1 heterocycles. The first kappa shape index (κ1) is 12.2. The van der Waals surface area contributed by atoms with Gasteiger partial charge in [-0.25, -0.2) is 0 Å². The minimum Gasteiger partial charge on any atom is -0.486 e. The molecule has 0 aliphatic carbocycles. The number of hydrogen-bond donors (Lipinski definition) is 1. The van der Waals surface area contributed by atoms with E-state index in [9.17, 15) is 4.79 Å². The van der Waals surface area contributed by atoms with Crippen LogP contribution >= 0.6 is 15.9 Å². The van der Waals surface area contributed by atoms with Gasteiger partial charge in [0.15, 0.2) is 11.5 Å². The molecule has 2 rings (SSSR count). The molecule has 0 atom stereocenters. The van der Waals surface area contributed by atoms with Crippen molar-refractivity contribution in [3.05, 3.63) is 21.7 Å². The number of rotatable bonds is 3. The van der Waals surface area contributed by atoms with Gasteiger partial charge in [-0.05, 0) is 46.5 Å². The molecule has 1 aliphatic rings. The average molecular weight is 301 g/mol. The number of fused-ring (bicyclic) bond motifs is 1. The molecular formula is C12H13BrO4. The van der Waals surface area contributed by atoms with Gasteiger partial charge in [0.05, 0.1) is 4.47 Å². The van der Waals surface area contributed by atoms with Crippen molar-refractivity contribution in [1.82, 2.24) is 0 Å². The third kappa shape index (κ3) is 2.54. The summed E-state index contributed by atoms with van der Waals surface area (Å²) in [5.74, 6) is 0.647. The molecule has 0 fully saturated rings. The highest BCUT2D eigenvalue weighted by molar-refractivity contribution is 9.10. The predicted octanol–water partition coefficient (Wildman–Crippen LogP) is 2.55. The summed E-state index contributed by atoms with van der Waals surface area (Å²) in [6, 6.07) is 1.91. The van der Waals surface area contributed by atoms with Crippen molar-refractivity contribution in [2.45, 2.75) is 19.8 Å². The zero-order chi connectivity index (χ0) is 12.4. The number of carbonyl (C=O) groups is 1. The Morgan fingerprint density at radius 2 is 2.06 bits per heavy atom. The quantitative estimate of drug-likeness (QED) is 0.932. The van der Waals surface area contributed by atoms with E-state index in [4.69, 9.17) is 14.6 Å². The summed E-state index contributed by atoms with van der Waals surface area (Å²) in [5.41, 5.74) is 1.94. The van der Waals surface area contributed by atoms with Crippen LogP contribution < -0.4 is 9.47 Å². The van der Waals surface area contributed by atoms with Crippen molar-refractivity contribution < 1.29 is 19.4 Å². The summed E-state index contributed by atoms with van der Waals surface area (Å²) in [6.07, 6.45) is 0.614. The van der Waals surface area contributed by atoms with Crippen molar-refractivity contribution in [3.63, 3.8) is 0 Å². The molecule has 92 valence electrons. The molecule has 1 aromatic rings. The zero-order valence-electron chi connectivity index (χ0n) is 9.46. The van der Waals surface area contributed by atoms with Crippen LogP contribution in [0.1, 0.15) is 17.5 Å². The van der Waals surface area contributed by atoms with E-state index in [1.165, 1.54) is 0 Å². The first-order chi connectivity index (χ1) is 8.09. The molecule has 17 heavy (non-hydrogen) atoms. The van der Waals surface area contributed by atoms with E-state index in [-0.39, 0.29) is 6.42 Å². The van der Waals surface area contributed by atoms with Crippen LogP contribution in [0.5, 0.6) is 11.5 Å². The number of benzene rings is 1. The number of ether oxygens (including phenoxy) is 2. The lowest BCUT2D eigenvalue weighted by molar-refractivity contribution is -0.136. The van der Waals surface area contributed by atoms with Crippen molar-refractivity contribution >= 4 is 21.9 Å². The Balaban J connectivity index is 2.34. The maximum Gasteiger partial charge on any atom is 0.303 e. The van der Waals surface area contributed by atoms with E-state index < -0.39 is 5.97 Å². The Morgan fingerprint density at radius 1 is 1.41 bits per heavy atom. The van der Waals surface area contributed by atoms with Crippen LogP contribution in [0.3, 0.4) is 0 Å². The SMILES string of the molecule is Cc1c(CCC(=O)O)cc(Br)c2c1OCCO2. The van der Waals surface area contributed by atoms with Gasteiger partial charge in [-0.1, -0.05) is 0 Å². The fourth-order valence-electron chi connectivity index (χ4n) is 1.85. The third-order valence-electron chi connectivity index (χ3n) is 2.73. The van der Waals surface area contributed by atoms with E-state index in [0.29, 0.717) is 25.4 Å². The summed E-state index contributed by atoms with van der Waals surface area (Å²) in [5, 5.41) is 8.71. The van der Waals surface area contributed by atoms with Gasteiger partial charge in [0, 0.05) is 6.42 Å². The second kappa shape index (κ2) is 4.96. The molecule has 5 heteroatoms. The molecule has 1 aliphatic heterocycles. The number of aryl methyl sites for hydroxylation is 1.